The number of benzene rings is 1. The minimum Gasteiger partial charge on any atom is -0.464 e. The number of carbonyl (C=O) groups excluding carboxylic acids is 1. The average Bonchev–Trinajstić information content (AvgIpc) is 2.46. The van der Waals surface area contributed by atoms with E-state index in [-0.39, 0.29) is 6.29 Å². The first-order chi connectivity index (χ1) is 10.7. The van der Waals surface area contributed by atoms with Gasteiger partial charge in [0.2, 0.25) is 0 Å². The van der Waals surface area contributed by atoms with Crippen LogP contribution < -0.4 is 4.74 Å². The second-order valence-electron chi connectivity index (χ2n) is 6.80. The molecule has 3 rings (SSSR count). The molecule has 1 saturated heterocycles. The molecule has 1 aliphatic carbocycles. The van der Waals surface area contributed by atoms with Gasteiger partial charge in [0.15, 0.2) is 12.6 Å². The summed E-state index contributed by atoms with van der Waals surface area (Å²) in [5.41, 5.74) is 3.24. The first-order valence-corrected chi connectivity index (χ1v) is 8.61. The molecule has 22 heavy (non-hydrogen) atoms. The number of carbonyl (C=O) groups is 1. The fraction of sp³-hybridized carbons (Fsp3) is 0.632. The predicted octanol–water partition coefficient (Wildman–Crippen LogP) is 4.80. The molecule has 1 aliphatic heterocycles. The van der Waals surface area contributed by atoms with Crippen LogP contribution in [0.4, 0.5) is 0 Å². The van der Waals surface area contributed by atoms with E-state index in [1.807, 2.05) is 6.07 Å². The Hall–Kier alpha value is -1.35. The van der Waals surface area contributed by atoms with Crippen LogP contribution in [0, 0.1) is 0 Å². The number of hydrogen-bond donors (Lipinski definition) is 0. The van der Waals surface area contributed by atoms with Gasteiger partial charge in [0.1, 0.15) is 5.75 Å². The van der Waals surface area contributed by atoms with Crippen LogP contribution in [0.3, 0.4) is 0 Å². The van der Waals surface area contributed by atoms with Gasteiger partial charge < -0.3 is 9.47 Å². The standard InChI is InChI=1S/C19H26O3/c1-13(2)18-16(14-6-5-7-14)10-9-15(12-20)19(18)22-17-8-3-4-11-21-17/h9-10,12-14,17H,3-8,11H2,1-2H3. The van der Waals surface area contributed by atoms with Crippen molar-refractivity contribution in [3.8, 4) is 5.75 Å². The highest BCUT2D eigenvalue weighted by Crippen LogP contribution is 2.44. The molecule has 0 N–H and O–H groups in total. The highest BCUT2D eigenvalue weighted by atomic mass is 16.7. The highest BCUT2D eigenvalue weighted by molar-refractivity contribution is 5.81. The van der Waals surface area contributed by atoms with Crippen molar-refractivity contribution in [3.05, 3.63) is 28.8 Å². The molecule has 1 heterocycles. The summed E-state index contributed by atoms with van der Waals surface area (Å²) in [7, 11) is 0. The molecule has 0 spiro atoms. The van der Waals surface area contributed by atoms with Gasteiger partial charge in [0.25, 0.3) is 0 Å². The third-order valence-corrected chi connectivity index (χ3v) is 4.90. The van der Waals surface area contributed by atoms with E-state index in [0.29, 0.717) is 17.4 Å². The largest absolute Gasteiger partial charge is 0.464 e. The smallest absolute Gasteiger partial charge is 0.199 e. The summed E-state index contributed by atoms with van der Waals surface area (Å²) in [5.74, 6) is 1.74. The Labute approximate surface area is 133 Å². The Morgan fingerprint density at radius 3 is 2.55 bits per heavy atom. The minimum atomic E-state index is -0.207. The molecule has 0 aromatic heterocycles. The molecule has 1 unspecified atom stereocenters. The first-order valence-electron chi connectivity index (χ1n) is 8.61. The van der Waals surface area contributed by atoms with E-state index in [0.717, 1.165) is 37.9 Å². The Kier molecular flexibility index (Phi) is 4.82. The summed E-state index contributed by atoms with van der Waals surface area (Å²) in [5, 5.41) is 0. The number of hydrogen-bond acceptors (Lipinski definition) is 3. The zero-order chi connectivity index (χ0) is 15.5. The van der Waals surface area contributed by atoms with Crippen LogP contribution in [0.15, 0.2) is 12.1 Å². The lowest BCUT2D eigenvalue weighted by atomic mass is 9.76. The van der Waals surface area contributed by atoms with Crippen LogP contribution in [0.2, 0.25) is 0 Å². The van der Waals surface area contributed by atoms with Crippen molar-refractivity contribution in [1.82, 2.24) is 0 Å². The number of aldehydes is 1. The summed E-state index contributed by atoms with van der Waals surface area (Å²) >= 11 is 0. The average molecular weight is 302 g/mol. The molecular formula is C19H26O3. The van der Waals surface area contributed by atoms with E-state index in [1.54, 1.807) is 0 Å². The molecule has 3 heteroatoms. The second-order valence-corrected chi connectivity index (χ2v) is 6.80. The van der Waals surface area contributed by atoms with Gasteiger partial charge >= 0.3 is 0 Å². The topological polar surface area (TPSA) is 35.5 Å². The molecule has 120 valence electrons. The lowest BCUT2D eigenvalue weighted by Gasteiger charge is -2.32. The highest BCUT2D eigenvalue weighted by Gasteiger charge is 2.28. The maximum Gasteiger partial charge on any atom is 0.199 e. The van der Waals surface area contributed by atoms with Gasteiger partial charge in [0.05, 0.1) is 12.2 Å². The summed E-state index contributed by atoms with van der Waals surface area (Å²) in [4.78, 5) is 11.5. The molecular weight excluding hydrogens is 276 g/mol. The van der Waals surface area contributed by atoms with Gasteiger partial charge in [-0.25, -0.2) is 0 Å². The van der Waals surface area contributed by atoms with Crippen molar-refractivity contribution in [2.45, 2.75) is 70.5 Å². The minimum absolute atomic E-state index is 0.207. The first kappa shape index (κ1) is 15.5. The number of rotatable bonds is 5. The Morgan fingerprint density at radius 2 is 2.00 bits per heavy atom. The van der Waals surface area contributed by atoms with Gasteiger partial charge in [0, 0.05) is 12.0 Å². The van der Waals surface area contributed by atoms with Crippen LogP contribution >= 0.6 is 0 Å². The van der Waals surface area contributed by atoms with E-state index in [2.05, 4.69) is 19.9 Å². The lowest BCUT2D eigenvalue weighted by Crippen LogP contribution is -2.26. The molecule has 3 nitrogen and oxygen atoms in total. The summed E-state index contributed by atoms with van der Waals surface area (Å²) < 4.78 is 11.9. The zero-order valence-electron chi connectivity index (χ0n) is 13.6. The van der Waals surface area contributed by atoms with Crippen LogP contribution in [0.1, 0.15) is 85.7 Å². The van der Waals surface area contributed by atoms with E-state index >= 15 is 0 Å². The van der Waals surface area contributed by atoms with Crippen molar-refractivity contribution in [1.29, 1.82) is 0 Å². The zero-order valence-corrected chi connectivity index (χ0v) is 13.6. The van der Waals surface area contributed by atoms with Crippen molar-refractivity contribution < 1.29 is 14.3 Å². The van der Waals surface area contributed by atoms with Crippen molar-refractivity contribution in [2.24, 2.45) is 0 Å². The van der Waals surface area contributed by atoms with E-state index < -0.39 is 0 Å². The summed E-state index contributed by atoms with van der Waals surface area (Å²) in [6, 6.07) is 4.06. The van der Waals surface area contributed by atoms with Gasteiger partial charge in [-0.1, -0.05) is 26.3 Å². The maximum absolute atomic E-state index is 11.5. The Bertz CT molecular complexity index is 526. The van der Waals surface area contributed by atoms with E-state index in [1.165, 1.54) is 30.4 Å². The third kappa shape index (κ3) is 3.05. The molecule has 0 bridgehead atoms. The van der Waals surface area contributed by atoms with Crippen LogP contribution in [0.5, 0.6) is 5.75 Å². The summed E-state index contributed by atoms with van der Waals surface area (Å²) in [6.45, 7) is 5.11. The molecule has 2 aliphatic rings. The second kappa shape index (κ2) is 6.82. The van der Waals surface area contributed by atoms with E-state index in [4.69, 9.17) is 9.47 Å². The van der Waals surface area contributed by atoms with Gasteiger partial charge in [-0.05, 0) is 49.1 Å². The molecule has 1 saturated carbocycles. The summed E-state index contributed by atoms with van der Waals surface area (Å²) in [6.07, 6.45) is 7.64. The van der Waals surface area contributed by atoms with E-state index in [9.17, 15) is 4.79 Å². The molecule has 2 fully saturated rings. The monoisotopic (exact) mass is 302 g/mol. The Balaban J connectivity index is 1.97. The van der Waals surface area contributed by atoms with Crippen LogP contribution in [0.25, 0.3) is 0 Å². The quantitative estimate of drug-likeness (QED) is 0.733. The maximum atomic E-state index is 11.5. The van der Waals surface area contributed by atoms with Gasteiger partial charge in [-0.15, -0.1) is 0 Å². The molecule has 1 aromatic rings. The molecule has 0 amide bonds. The fourth-order valence-electron chi connectivity index (χ4n) is 3.46. The molecule has 1 atom stereocenters. The van der Waals surface area contributed by atoms with Gasteiger partial charge in [-0.3, -0.25) is 4.79 Å². The van der Waals surface area contributed by atoms with Crippen molar-refractivity contribution in [3.63, 3.8) is 0 Å². The van der Waals surface area contributed by atoms with Crippen molar-refractivity contribution >= 4 is 6.29 Å². The van der Waals surface area contributed by atoms with Crippen LogP contribution in [-0.4, -0.2) is 19.2 Å². The van der Waals surface area contributed by atoms with Crippen molar-refractivity contribution in [2.75, 3.05) is 6.61 Å². The van der Waals surface area contributed by atoms with Gasteiger partial charge in [-0.2, -0.15) is 0 Å². The van der Waals surface area contributed by atoms with Crippen LogP contribution in [-0.2, 0) is 4.74 Å². The molecule has 1 aromatic carbocycles. The fourth-order valence-corrected chi connectivity index (χ4v) is 3.46. The molecule has 0 radical (unpaired) electrons. The SMILES string of the molecule is CC(C)c1c(C2CCC2)ccc(C=O)c1OC1CCCCO1. The predicted molar refractivity (Wildman–Crippen MR) is 86.7 cm³/mol. The Morgan fingerprint density at radius 1 is 1.18 bits per heavy atom. The normalized spacial score (nSPS) is 22.4. The third-order valence-electron chi connectivity index (χ3n) is 4.90. The number of ether oxygens (including phenoxy) is 2. The lowest BCUT2D eigenvalue weighted by molar-refractivity contribution is -0.106.